The summed E-state index contributed by atoms with van der Waals surface area (Å²) >= 11 is 6.34. The Balaban J connectivity index is 2.47. The minimum Gasteiger partial charge on any atom is -0.344 e. The summed E-state index contributed by atoms with van der Waals surface area (Å²) in [6.07, 6.45) is 0. The van der Waals surface area contributed by atoms with Gasteiger partial charge in [0.25, 0.3) is 0 Å². The molecule has 2 aromatic carbocycles. The minimum atomic E-state index is 0.754. The SMILES string of the molecule is CNCc1c(Cl)cccc1N(C)c1cc(C)cc(C)c1. The van der Waals surface area contributed by atoms with Gasteiger partial charge in [0.15, 0.2) is 0 Å². The molecular weight excluding hydrogens is 268 g/mol. The van der Waals surface area contributed by atoms with Crippen LogP contribution in [0.15, 0.2) is 36.4 Å². The lowest BCUT2D eigenvalue weighted by Gasteiger charge is -2.24. The normalized spacial score (nSPS) is 10.7. The molecular formula is C17H21ClN2. The van der Waals surface area contributed by atoms with Crippen LogP contribution < -0.4 is 10.2 Å². The monoisotopic (exact) mass is 288 g/mol. The first kappa shape index (κ1) is 14.9. The van der Waals surface area contributed by atoms with Crippen LogP contribution >= 0.6 is 11.6 Å². The van der Waals surface area contributed by atoms with Gasteiger partial charge in [-0.25, -0.2) is 0 Å². The number of rotatable bonds is 4. The summed E-state index contributed by atoms with van der Waals surface area (Å²) in [7, 11) is 4.02. The molecule has 2 aromatic rings. The third-order valence-electron chi connectivity index (χ3n) is 3.40. The van der Waals surface area contributed by atoms with Crippen LogP contribution in [0.3, 0.4) is 0 Å². The third-order valence-corrected chi connectivity index (χ3v) is 3.76. The summed E-state index contributed by atoms with van der Waals surface area (Å²) in [5, 5.41) is 3.98. The molecule has 0 atom stereocenters. The van der Waals surface area contributed by atoms with Crippen molar-refractivity contribution in [3.63, 3.8) is 0 Å². The standard InChI is InChI=1S/C17H21ClN2/c1-12-8-13(2)10-14(9-12)20(4)17-7-5-6-16(18)15(17)11-19-3/h5-10,19H,11H2,1-4H3. The van der Waals surface area contributed by atoms with Gasteiger partial charge in [0.05, 0.1) is 0 Å². The number of nitrogens with one attached hydrogen (secondary N) is 1. The van der Waals surface area contributed by atoms with Gasteiger partial charge in [-0.1, -0.05) is 23.7 Å². The molecule has 2 rings (SSSR count). The average molecular weight is 289 g/mol. The number of nitrogens with zero attached hydrogens (tertiary/aromatic N) is 1. The van der Waals surface area contributed by atoms with Crippen molar-refractivity contribution in [2.24, 2.45) is 0 Å². The Morgan fingerprint density at radius 1 is 1.10 bits per heavy atom. The number of aryl methyl sites for hydroxylation is 2. The molecule has 0 unspecified atom stereocenters. The molecule has 0 amide bonds. The maximum absolute atomic E-state index is 6.34. The zero-order valence-corrected chi connectivity index (χ0v) is 13.3. The largest absolute Gasteiger partial charge is 0.344 e. The van der Waals surface area contributed by atoms with Gasteiger partial charge in [-0.3, -0.25) is 0 Å². The maximum Gasteiger partial charge on any atom is 0.0471 e. The second kappa shape index (κ2) is 6.29. The van der Waals surface area contributed by atoms with Crippen molar-refractivity contribution >= 4 is 23.0 Å². The lowest BCUT2D eigenvalue weighted by molar-refractivity contribution is 0.816. The Kier molecular flexibility index (Phi) is 4.69. The van der Waals surface area contributed by atoms with Gasteiger partial charge in [-0.15, -0.1) is 0 Å². The molecule has 20 heavy (non-hydrogen) atoms. The molecule has 0 heterocycles. The smallest absolute Gasteiger partial charge is 0.0471 e. The Hall–Kier alpha value is -1.51. The van der Waals surface area contributed by atoms with E-state index in [4.69, 9.17) is 11.6 Å². The fourth-order valence-electron chi connectivity index (χ4n) is 2.50. The molecule has 1 N–H and O–H groups in total. The Bertz CT molecular complexity index is 588. The first-order valence-electron chi connectivity index (χ1n) is 6.77. The fraction of sp³-hybridized carbons (Fsp3) is 0.294. The highest BCUT2D eigenvalue weighted by Gasteiger charge is 2.12. The van der Waals surface area contributed by atoms with Crippen molar-refractivity contribution in [1.29, 1.82) is 0 Å². The van der Waals surface area contributed by atoms with Gasteiger partial charge in [-0.2, -0.15) is 0 Å². The number of anilines is 2. The molecule has 0 fully saturated rings. The van der Waals surface area contributed by atoms with Gasteiger partial charge in [0.2, 0.25) is 0 Å². The zero-order chi connectivity index (χ0) is 14.7. The van der Waals surface area contributed by atoms with Crippen molar-refractivity contribution in [3.8, 4) is 0 Å². The minimum absolute atomic E-state index is 0.754. The molecule has 0 spiro atoms. The van der Waals surface area contributed by atoms with Crippen LogP contribution in [0, 0.1) is 13.8 Å². The second-order valence-corrected chi connectivity index (χ2v) is 5.58. The van der Waals surface area contributed by atoms with E-state index in [9.17, 15) is 0 Å². The van der Waals surface area contributed by atoms with Gasteiger partial charge in [0, 0.05) is 35.6 Å². The highest BCUT2D eigenvalue weighted by atomic mass is 35.5. The first-order chi connectivity index (χ1) is 9.52. The quantitative estimate of drug-likeness (QED) is 0.894. The molecule has 2 nitrogen and oxygen atoms in total. The van der Waals surface area contributed by atoms with Gasteiger partial charge < -0.3 is 10.2 Å². The molecule has 0 aliphatic carbocycles. The number of hydrogen-bond donors (Lipinski definition) is 1. The van der Waals surface area contributed by atoms with Crippen molar-refractivity contribution in [2.75, 3.05) is 19.0 Å². The zero-order valence-electron chi connectivity index (χ0n) is 12.5. The lowest BCUT2D eigenvalue weighted by atomic mass is 10.1. The van der Waals surface area contributed by atoms with E-state index in [1.165, 1.54) is 16.8 Å². The predicted molar refractivity (Wildman–Crippen MR) is 88.2 cm³/mol. The van der Waals surface area contributed by atoms with Gasteiger partial charge >= 0.3 is 0 Å². The van der Waals surface area contributed by atoms with Crippen molar-refractivity contribution < 1.29 is 0 Å². The van der Waals surface area contributed by atoms with Crippen molar-refractivity contribution in [2.45, 2.75) is 20.4 Å². The van der Waals surface area contributed by atoms with Crippen LogP contribution in [0.4, 0.5) is 11.4 Å². The summed E-state index contributed by atoms with van der Waals surface area (Å²) in [6.45, 7) is 5.00. The second-order valence-electron chi connectivity index (χ2n) is 5.17. The topological polar surface area (TPSA) is 15.3 Å². The molecule has 0 saturated carbocycles. The summed E-state index contributed by atoms with van der Waals surface area (Å²) in [4.78, 5) is 2.19. The molecule has 0 aliphatic rings. The van der Waals surface area contributed by atoms with Gasteiger partial charge in [0.1, 0.15) is 0 Å². The summed E-state index contributed by atoms with van der Waals surface area (Å²) in [6, 6.07) is 12.6. The molecule has 3 heteroatoms. The highest BCUT2D eigenvalue weighted by Crippen LogP contribution is 2.32. The van der Waals surface area contributed by atoms with E-state index in [2.05, 4.69) is 55.4 Å². The summed E-state index contributed by atoms with van der Waals surface area (Å²) < 4.78 is 0. The van der Waals surface area contributed by atoms with Crippen LogP contribution in [0.1, 0.15) is 16.7 Å². The molecule has 106 valence electrons. The van der Waals surface area contributed by atoms with Crippen LogP contribution in [0.2, 0.25) is 5.02 Å². The van der Waals surface area contributed by atoms with E-state index in [1.807, 2.05) is 19.2 Å². The van der Waals surface area contributed by atoms with Crippen LogP contribution in [-0.2, 0) is 6.54 Å². The van der Waals surface area contributed by atoms with E-state index in [1.54, 1.807) is 0 Å². The molecule has 0 aromatic heterocycles. The van der Waals surface area contributed by atoms with Crippen LogP contribution in [0.5, 0.6) is 0 Å². The maximum atomic E-state index is 6.34. The average Bonchev–Trinajstić information content (AvgIpc) is 2.39. The Morgan fingerprint density at radius 2 is 1.75 bits per heavy atom. The number of benzene rings is 2. The predicted octanol–water partition coefficient (Wildman–Crippen LogP) is 4.44. The first-order valence-corrected chi connectivity index (χ1v) is 7.14. The number of hydrogen-bond acceptors (Lipinski definition) is 2. The van der Waals surface area contributed by atoms with Crippen LogP contribution in [0.25, 0.3) is 0 Å². The van der Waals surface area contributed by atoms with E-state index in [0.29, 0.717) is 0 Å². The lowest BCUT2D eigenvalue weighted by Crippen LogP contribution is -2.15. The van der Waals surface area contributed by atoms with E-state index in [-0.39, 0.29) is 0 Å². The van der Waals surface area contributed by atoms with Crippen molar-refractivity contribution in [3.05, 3.63) is 58.1 Å². The molecule has 0 radical (unpaired) electrons. The molecule has 0 saturated heterocycles. The van der Waals surface area contributed by atoms with E-state index in [0.717, 1.165) is 22.8 Å². The summed E-state index contributed by atoms with van der Waals surface area (Å²) in [5.41, 5.74) is 5.98. The fourth-order valence-corrected chi connectivity index (χ4v) is 2.73. The summed E-state index contributed by atoms with van der Waals surface area (Å²) in [5.74, 6) is 0. The van der Waals surface area contributed by atoms with Crippen LogP contribution in [-0.4, -0.2) is 14.1 Å². The Labute approximate surface area is 126 Å². The van der Waals surface area contributed by atoms with Gasteiger partial charge in [-0.05, 0) is 56.3 Å². The van der Waals surface area contributed by atoms with E-state index < -0.39 is 0 Å². The Morgan fingerprint density at radius 3 is 2.35 bits per heavy atom. The van der Waals surface area contributed by atoms with Crippen molar-refractivity contribution in [1.82, 2.24) is 5.32 Å². The molecule has 0 aliphatic heterocycles. The highest BCUT2D eigenvalue weighted by molar-refractivity contribution is 6.31. The molecule has 0 bridgehead atoms. The van der Waals surface area contributed by atoms with E-state index >= 15 is 0 Å². The third kappa shape index (κ3) is 3.14. The number of halogens is 1.